The summed E-state index contributed by atoms with van der Waals surface area (Å²) in [4.78, 5) is 31.4. The predicted octanol–water partition coefficient (Wildman–Crippen LogP) is 2.53. The molecule has 1 aliphatic carbocycles. The van der Waals surface area contributed by atoms with Crippen LogP contribution in [0.3, 0.4) is 0 Å². The fourth-order valence-electron chi connectivity index (χ4n) is 3.91. The van der Waals surface area contributed by atoms with E-state index in [0.717, 1.165) is 44.2 Å². The van der Waals surface area contributed by atoms with E-state index in [0.29, 0.717) is 31.2 Å². The summed E-state index contributed by atoms with van der Waals surface area (Å²) in [5, 5.41) is 9.55. The molecule has 7 heteroatoms. The number of aliphatic imine (C=N–C) groups is 1. The van der Waals surface area contributed by atoms with Gasteiger partial charge in [0.1, 0.15) is 0 Å². The smallest absolute Gasteiger partial charge is 0.251 e. The SMILES string of the molecule is CCCNC(=O)c1cccc(CN=C(NCC)NCC2(C(=O)N(C)C)CCCC2)c1. The Bertz CT molecular complexity index is 739. The summed E-state index contributed by atoms with van der Waals surface area (Å²) in [6.07, 6.45) is 4.89. The summed E-state index contributed by atoms with van der Waals surface area (Å²) in [6.45, 7) is 6.49. The molecule has 7 nitrogen and oxygen atoms in total. The van der Waals surface area contributed by atoms with Crippen LogP contribution in [0.4, 0.5) is 0 Å². The van der Waals surface area contributed by atoms with Crippen molar-refractivity contribution in [3.8, 4) is 0 Å². The monoisotopic (exact) mass is 415 g/mol. The quantitative estimate of drug-likeness (QED) is 0.427. The van der Waals surface area contributed by atoms with E-state index in [1.54, 1.807) is 4.90 Å². The molecule has 30 heavy (non-hydrogen) atoms. The Hall–Kier alpha value is -2.57. The van der Waals surface area contributed by atoms with Crippen LogP contribution in [-0.4, -0.2) is 56.4 Å². The molecule has 1 saturated carbocycles. The van der Waals surface area contributed by atoms with E-state index in [1.165, 1.54) is 0 Å². The number of nitrogens with zero attached hydrogens (tertiary/aromatic N) is 2. The minimum Gasteiger partial charge on any atom is -0.357 e. The zero-order valence-corrected chi connectivity index (χ0v) is 18.9. The van der Waals surface area contributed by atoms with Crippen molar-refractivity contribution in [2.24, 2.45) is 10.4 Å². The highest BCUT2D eigenvalue weighted by Crippen LogP contribution is 2.38. The van der Waals surface area contributed by atoms with Gasteiger partial charge in [0.25, 0.3) is 5.91 Å². The molecule has 0 aromatic heterocycles. The van der Waals surface area contributed by atoms with Gasteiger partial charge < -0.3 is 20.9 Å². The summed E-state index contributed by atoms with van der Waals surface area (Å²) >= 11 is 0. The van der Waals surface area contributed by atoms with Crippen molar-refractivity contribution in [3.05, 3.63) is 35.4 Å². The first-order chi connectivity index (χ1) is 14.4. The van der Waals surface area contributed by atoms with E-state index < -0.39 is 0 Å². The van der Waals surface area contributed by atoms with Crippen molar-refractivity contribution in [1.82, 2.24) is 20.9 Å². The predicted molar refractivity (Wildman–Crippen MR) is 121 cm³/mol. The van der Waals surface area contributed by atoms with Crippen molar-refractivity contribution in [1.29, 1.82) is 0 Å². The molecule has 0 spiro atoms. The third kappa shape index (κ3) is 6.47. The Morgan fingerprint density at radius 2 is 1.83 bits per heavy atom. The molecule has 2 rings (SSSR count). The van der Waals surface area contributed by atoms with Crippen LogP contribution >= 0.6 is 0 Å². The van der Waals surface area contributed by atoms with E-state index in [2.05, 4.69) is 20.9 Å². The van der Waals surface area contributed by atoms with Gasteiger partial charge in [-0.2, -0.15) is 0 Å². The van der Waals surface area contributed by atoms with E-state index >= 15 is 0 Å². The van der Waals surface area contributed by atoms with Crippen molar-refractivity contribution >= 4 is 17.8 Å². The lowest BCUT2D eigenvalue weighted by Gasteiger charge is -2.31. The van der Waals surface area contributed by atoms with Gasteiger partial charge in [-0.3, -0.25) is 9.59 Å². The lowest BCUT2D eigenvalue weighted by atomic mass is 9.84. The number of nitrogens with one attached hydrogen (secondary N) is 3. The van der Waals surface area contributed by atoms with Gasteiger partial charge in [0.15, 0.2) is 5.96 Å². The molecule has 0 aliphatic heterocycles. The maximum Gasteiger partial charge on any atom is 0.251 e. The lowest BCUT2D eigenvalue weighted by Crippen LogP contribution is -2.49. The fourth-order valence-corrected chi connectivity index (χ4v) is 3.91. The molecule has 0 bridgehead atoms. The maximum absolute atomic E-state index is 12.8. The molecular formula is C23H37N5O2. The Kier molecular flexibility index (Phi) is 9.15. The molecule has 1 aliphatic rings. The van der Waals surface area contributed by atoms with Gasteiger partial charge in [-0.15, -0.1) is 0 Å². The number of carbonyl (C=O) groups excluding carboxylic acids is 2. The summed E-state index contributed by atoms with van der Waals surface area (Å²) in [7, 11) is 3.65. The summed E-state index contributed by atoms with van der Waals surface area (Å²) in [6, 6.07) is 7.55. The van der Waals surface area contributed by atoms with Gasteiger partial charge in [-0.1, -0.05) is 31.9 Å². The Morgan fingerprint density at radius 3 is 2.47 bits per heavy atom. The molecule has 0 atom stereocenters. The molecule has 166 valence electrons. The van der Waals surface area contributed by atoms with Crippen LogP contribution in [0.2, 0.25) is 0 Å². The van der Waals surface area contributed by atoms with Gasteiger partial charge >= 0.3 is 0 Å². The Morgan fingerprint density at radius 1 is 1.10 bits per heavy atom. The number of rotatable bonds is 9. The van der Waals surface area contributed by atoms with E-state index in [-0.39, 0.29) is 17.2 Å². The average Bonchev–Trinajstić information content (AvgIpc) is 3.23. The summed E-state index contributed by atoms with van der Waals surface area (Å²) in [5.74, 6) is 0.823. The normalized spacial score (nSPS) is 15.5. The molecule has 1 aromatic rings. The number of carbonyl (C=O) groups is 2. The van der Waals surface area contributed by atoms with Gasteiger partial charge in [-0.25, -0.2) is 4.99 Å². The van der Waals surface area contributed by atoms with Crippen LogP contribution in [0.5, 0.6) is 0 Å². The van der Waals surface area contributed by atoms with Gasteiger partial charge in [-0.05, 0) is 43.9 Å². The molecule has 0 heterocycles. The highest BCUT2D eigenvalue weighted by Gasteiger charge is 2.42. The van der Waals surface area contributed by atoms with Crippen molar-refractivity contribution in [3.63, 3.8) is 0 Å². The third-order valence-corrected chi connectivity index (χ3v) is 5.50. The number of hydrogen-bond acceptors (Lipinski definition) is 3. The summed E-state index contributed by atoms with van der Waals surface area (Å²) in [5.41, 5.74) is 1.27. The minimum absolute atomic E-state index is 0.0573. The van der Waals surface area contributed by atoms with Gasteiger partial charge in [0, 0.05) is 39.3 Å². The topological polar surface area (TPSA) is 85.8 Å². The van der Waals surface area contributed by atoms with Crippen LogP contribution in [0, 0.1) is 5.41 Å². The van der Waals surface area contributed by atoms with Crippen LogP contribution < -0.4 is 16.0 Å². The zero-order chi connectivity index (χ0) is 22.0. The Balaban J connectivity index is 2.05. The second-order valence-corrected chi connectivity index (χ2v) is 8.19. The largest absolute Gasteiger partial charge is 0.357 e. The highest BCUT2D eigenvalue weighted by molar-refractivity contribution is 5.94. The molecule has 1 aromatic carbocycles. The van der Waals surface area contributed by atoms with Crippen LogP contribution in [0.25, 0.3) is 0 Å². The Labute approximate surface area is 180 Å². The van der Waals surface area contributed by atoms with Crippen LogP contribution in [-0.2, 0) is 11.3 Å². The molecule has 2 amide bonds. The van der Waals surface area contributed by atoms with E-state index in [4.69, 9.17) is 0 Å². The number of guanidine groups is 1. The number of benzene rings is 1. The number of hydrogen-bond donors (Lipinski definition) is 3. The molecule has 0 unspecified atom stereocenters. The van der Waals surface area contributed by atoms with Crippen molar-refractivity contribution in [2.45, 2.75) is 52.5 Å². The average molecular weight is 416 g/mol. The van der Waals surface area contributed by atoms with Crippen LogP contribution in [0.15, 0.2) is 29.3 Å². The van der Waals surface area contributed by atoms with Crippen molar-refractivity contribution < 1.29 is 9.59 Å². The summed E-state index contributed by atoms with van der Waals surface area (Å²) < 4.78 is 0. The van der Waals surface area contributed by atoms with Crippen LogP contribution in [0.1, 0.15) is 61.9 Å². The molecule has 3 N–H and O–H groups in total. The molecule has 1 fully saturated rings. The molecule has 0 saturated heterocycles. The first kappa shape index (κ1) is 23.7. The molecular weight excluding hydrogens is 378 g/mol. The zero-order valence-electron chi connectivity index (χ0n) is 18.9. The minimum atomic E-state index is -0.350. The van der Waals surface area contributed by atoms with E-state index in [9.17, 15) is 9.59 Å². The number of amides is 2. The fraction of sp³-hybridized carbons (Fsp3) is 0.609. The first-order valence-electron chi connectivity index (χ1n) is 11.0. The lowest BCUT2D eigenvalue weighted by molar-refractivity contribution is -0.138. The van der Waals surface area contributed by atoms with Gasteiger partial charge in [0.05, 0.1) is 12.0 Å². The second kappa shape index (κ2) is 11.6. The maximum atomic E-state index is 12.8. The first-order valence-corrected chi connectivity index (χ1v) is 11.0. The third-order valence-electron chi connectivity index (χ3n) is 5.50. The second-order valence-electron chi connectivity index (χ2n) is 8.19. The molecule has 0 radical (unpaired) electrons. The van der Waals surface area contributed by atoms with Gasteiger partial charge in [0.2, 0.25) is 5.91 Å². The highest BCUT2D eigenvalue weighted by atomic mass is 16.2. The van der Waals surface area contributed by atoms with E-state index in [1.807, 2.05) is 52.2 Å². The standard InChI is InChI=1S/C23H37N5O2/c1-5-14-25-20(29)19-11-9-10-18(15-19)16-26-22(24-6-2)27-17-23(12-7-8-13-23)21(30)28(3)4/h9-11,15H,5-8,12-14,16-17H2,1-4H3,(H,25,29)(H2,24,26,27). The van der Waals surface area contributed by atoms with Crippen molar-refractivity contribution in [2.75, 3.05) is 33.7 Å².